The Hall–Kier alpha value is -3.65. The van der Waals surface area contributed by atoms with Gasteiger partial charge in [0.05, 0.1) is 11.9 Å². The van der Waals surface area contributed by atoms with Crippen LogP contribution in [0.15, 0.2) is 72.8 Å². The molecule has 8 heteroatoms. The molecule has 1 saturated carbocycles. The summed E-state index contributed by atoms with van der Waals surface area (Å²) in [6.07, 6.45) is 7.31. The fourth-order valence-electron chi connectivity index (χ4n) is 5.87. The van der Waals surface area contributed by atoms with E-state index in [0.717, 1.165) is 53.5 Å². The van der Waals surface area contributed by atoms with E-state index in [1.807, 2.05) is 87.5 Å². The lowest BCUT2D eigenvalue weighted by atomic mass is 9.94. The molecule has 0 spiro atoms. The molecule has 1 aliphatic carbocycles. The molecule has 0 saturated heterocycles. The first-order valence-corrected chi connectivity index (χ1v) is 17.6. The summed E-state index contributed by atoms with van der Waals surface area (Å²) in [5, 5.41) is 3.27. The SMILES string of the molecule is Cc1ccc(CN(C(=O)CCCN(c2ccc(C)c(C)c2)S(C)(=O)=O)[C@H](Cc2ccccc2)C(=O)NC2CCCCC2)cc1. The van der Waals surface area contributed by atoms with Gasteiger partial charge in [0.25, 0.3) is 0 Å². The van der Waals surface area contributed by atoms with Crippen LogP contribution in [-0.4, -0.2) is 50.0 Å². The fourth-order valence-corrected chi connectivity index (χ4v) is 6.83. The summed E-state index contributed by atoms with van der Waals surface area (Å²) in [6.45, 7) is 6.43. The predicted molar refractivity (Wildman–Crippen MR) is 178 cm³/mol. The maximum absolute atomic E-state index is 14.1. The number of hydrogen-bond donors (Lipinski definition) is 1. The normalized spacial score (nSPS) is 14.5. The minimum Gasteiger partial charge on any atom is -0.352 e. The van der Waals surface area contributed by atoms with E-state index in [2.05, 4.69) is 5.32 Å². The van der Waals surface area contributed by atoms with Gasteiger partial charge >= 0.3 is 0 Å². The highest BCUT2D eigenvalue weighted by Gasteiger charge is 2.32. The quantitative estimate of drug-likeness (QED) is 0.246. The van der Waals surface area contributed by atoms with E-state index < -0.39 is 16.1 Å². The van der Waals surface area contributed by atoms with Crippen LogP contribution in [0.5, 0.6) is 0 Å². The summed E-state index contributed by atoms with van der Waals surface area (Å²) >= 11 is 0. The van der Waals surface area contributed by atoms with Gasteiger partial charge in [0.1, 0.15) is 6.04 Å². The van der Waals surface area contributed by atoms with Crippen LogP contribution in [0.1, 0.15) is 72.8 Å². The molecule has 1 aliphatic rings. The first kappa shape index (κ1) is 33.2. The van der Waals surface area contributed by atoms with Gasteiger partial charge in [-0.3, -0.25) is 13.9 Å². The average Bonchev–Trinajstić information content (AvgIpc) is 3.00. The highest BCUT2D eigenvalue weighted by atomic mass is 32.2. The second kappa shape index (κ2) is 15.4. The summed E-state index contributed by atoms with van der Waals surface area (Å²) in [5.74, 6) is -0.298. The van der Waals surface area contributed by atoms with Gasteiger partial charge in [-0.05, 0) is 74.4 Å². The molecular weight excluding hydrogens is 570 g/mol. The number of sulfonamides is 1. The smallest absolute Gasteiger partial charge is 0.243 e. The molecule has 236 valence electrons. The van der Waals surface area contributed by atoms with Crippen LogP contribution in [0.3, 0.4) is 0 Å². The van der Waals surface area contributed by atoms with E-state index in [-0.39, 0.29) is 30.8 Å². The van der Waals surface area contributed by atoms with Crippen LogP contribution in [0, 0.1) is 20.8 Å². The van der Waals surface area contributed by atoms with Crippen molar-refractivity contribution in [3.8, 4) is 0 Å². The number of carbonyl (C=O) groups excluding carboxylic acids is 2. The van der Waals surface area contributed by atoms with Crippen molar-refractivity contribution in [2.75, 3.05) is 17.1 Å². The summed E-state index contributed by atoms with van der Waals surface area (Å²) < 4.78 is 26.9. The predicted octanol–water partition coefficient (Wildman–Crippen LogP) is 6.25. The zero-order valence-electron chi connectivity index (χ0n) is 26.6. The van der Waals surface area contributed by atoms with Crippen LogP contribution in [-0.2, 0) is 32.6 Å². The molecule has 44 heavy (non-hydrogen) atoms. The number of nitrogens with zero attached hydrogens (tertiary/aromatic N) is 2. The summed E-state index contributed by atoms with van der Waals surface area (Å²) in [4.78, 5) is 29.8. The molecule has 1 fully saturated rings. The Kier molecular flexibility index (Phi) is 11.6. The van der Waals surface area contributed by atoms with E-state index >= 15 is 0 Å². The first-order valence-electron chi connectivity index (χ1n) is 15.8. The second-order valence-corrected chi connectivity index (χ2v) is 14.2. The van der Waals surface area contributed by atoms with E-state index in [1.165, 1.54) is 17.0 Å². The summed E-state index contributed by atoms with van der Waals surface area (Å²) in [6, 6.07) is 22.9. The Morgan fingerprint density at radius 3 is 2.18 bits per heavy atom. The molecule has 1 N–H and O–H groups in total. The van der Waals surface area contributed by atoms with Crippen molar-refractivity contribution >= 4 is 27.5 Å². The molecule has 0 radical (unpaired) electrons. The van der Waals surface area contributed by atoms with Crippen molar-refractivity contribution in [3.63, 3.8) is 0 Å². The molecular formula is C36H47N3O4S. The Labute approximate surface area is 263 Å². The van der Waals surface area contributed by atoms with Gasteiger partial charge in [0.15, 0.2) is 0 Å². The van der Waals surface area contributed by atoms with Crippen LogP contribution >= 0.6 is 0 Å². The van der Waals surface area contributed by atoms with Gasteiger partial charge in [-0.1, -0.05) is 85.5 Å². The third-order valence-electron chi connectivity index (χ3n) is 8.63. The van der Waals surface area contributed by atoms with Crippen molar-refractivity contribution in [2.24, 2.45) is 0 Å². The van der Waals surface area contributed by atoms with Gasteiger partial charge in [-0.25, -0.2) is 8.42 Å². The van der Waals surface area contributed by atoms with Crippen molar-refractivity contribution in [3.05, 3.63) is 101 Å². The number of amides is 2. The lowest BCUT2D eigenvalue weighted by molar-refractivity contribution is -0.141. The zero-order valence-corrected chi connectivity index (χ0v) is 27.4. The van der Waals surface area contributed by atoms with E-state index in [1.54, 1.807) is 11.0 Å². The van der Waals surface area contributed by atoms with Gasteiger partial charge < -0.3 is 10.2 Å². The molecule has 0 aliphatic heterocycles. The highest BCUT2D eigenvalue weighted by molar-refractivity contribution is 7.92. The largest absolute Gasteiger partial charge is 0.352 e. The summed E-state index contributed by atoms with van der Waals surface area (Å²) in [7, 11) is -3.56. The van der Waals surface area contributed by atoms with Crippen LogP contribution in [0.2, 0.25) is 0 Å². The second-order valence-electron chi connectivity index (χ2n) is 12.3. The fraction of sp³-hybridized carbons (Fsp3) is 0.444. The maximum atomic E-state index is 14.1. The lowest BCUT2D eigenvalue weighted by Gasteiger charge is -2.34. The van der Waals surface area contributed by atoms with Crippen LogP contribution < -0.4 is 9.62 Å². The Morgan fingerprint density at radius 1 is 0.864 bits per heavy atom. The molecule has 0 aromatic heterocycles. The highest BCUT2D eigenvalue weighted by Crippen LogP contribution is 2.23. The third-order valence-corrected chi connectivity index (χ3v) is 9.82. The average molecular weight is 618 g/mol. The topological polar surface area (TPSA) is 86.8 Å². The van der Waals surface area contributed by atoms with E-state index in [9.17, 15) is 18.0 Å². The number of anilines is 1. The maximum Gasteiger partial charge on any atom is 0.243 e. The minimum atomic E-state index is -3.56. The monoisotopic (exact) mass is 617 g/mol. The summed E-state index contributed by atoms with van der Waals surface area (Å²) in [5.41, 5.74) is 5.73. The molecule has 4 rings (SSSR count). The molecule has 1 atom stereocenters. The number of benzene rings is 3. The van der Waals surface area contributed by atoms with Gasteiger partial charge in [-0.2, -0.15) is 0 Å². The van der Waals surface area contributed by atoms with Crippen LogP contribution in [0.25, 0.3) is 0 Å². The minimum absolute atomic E-state index is 0.116. The van der Waals surface area contributed by atoms with Gasteiger partial charge in [0, 0.05) is 32.0 Å². The van der Waals surface area contributed by atoms with E-state index in [0.29, 0.717) is 25.1 Å². The van der Waals surface area contributed by atoms with Crippen LogP contribution in [0.4, 0.5) is 5.69 Å². The Bertz CT molecular complexity index is 1500. The number of nitrogens with one attached hydrogen (secondary N) is 1. The molecule has 2 amide bonds. The zero-order chi connectivity index (χ0) is 31.7. The Balaban J connectivity index is 1.59. The van der Waals surface area contributed by atoms with Gasteiger partial charge in [0.2, 0.25) is 21.8 Å². The van der Waals surface area contributed by atoms with E-state index in [4.69, 9.17) is 0 Å². The molecule has 0 bridgehead atoms. The number of rotatable bonds is 13. The van der Waals surface area contributed by atoms with Crippen molar-refractivity contribution in [2.45, 2.75) is 90.8 Å². The van der Waals surface area contributed by atoms with Crippen molar-refractivity contribution in [1.29, 1.82) is 0 Å². The molecule has 7 nitrogen and oxygen atoms in total. The Morgan fingerprint density at radius 2 is 1.55 bits per heavy atom. The number of carbonyl (C=O) groups is 2. The van der Waals surface area contributed by atoms with Gasteiger partial charge in [-0.15, -0.1) is 0 Å². The standard InChI is InChI=1S/C36H47N3O4S/c1-27-17-20-31(21-18-27)26-38(34(25-30-12-7-5-8-13-30)36(41)37-32-14-9-6-10-15-32)35(40)16-11-23-39(44(4,42)43)33-22-19-28(2)29(3)24-33/h5,7-8,12-13,17-22,24,32,34H,6,9-11,14-16,23,25-26H2,1-4H3,(H,37,41)/t34-/m1/s1. The van der Waals surface area contributed by atoms with Crippen molar-refractivity contribution in [1.82, 2.24) is 10.2 Å². The molecule has 0 unspecified atom stereocenters. The molecule has 3 aromatic carbocycles. The number of hydrogen-bond acceptors (Lipinski definition) is 4. The first-order chi connectivity index (χ1) is 21.0. The molecule has 3 aromatic rings. The van der Waals surface area contributed by atoms with Crippen molar-refractivity contribution < 1.29 is 18.0 Å². The molecule has 0 heterocycles. The lowest BCUT2D eigenvalue weighted by Crippen LogP contribution is -2.52. The number of aryl methyl sites for hydroxylation is 3. The third kappa shape index (κ3) is 9.42.